The van der Waals surface area contributed by atoms with Crippen molar-refractivity contribution in [1.29, 1.82) is 0 Å². The zero-order valence-electron chi connectivity index (χ0n) is 15.4. The maximum absolute atomic E-state index is 12.8. The van der Waals surface area contributed by atoms with Crippen molar-refractivity contribution in [1.82, 2.24) is 4.98 Å². The molecule has 0 radical (unpaired) electrons. The van der Waals surface area contributed by atoms with Crippen LogP contribution in [-0.4, -0.2) is 29.1 Å². The predicted octanol–water partition coefficient (Wildman–Crippen LogP) is 3.69. The molecule has 7 heteroatoms. The highest BCUT2D eigenvalue weighted by molar-refractivity contribution is 7.15. The fourth-order valence-corrected chi connectivity index (χ4v) is 4.83. The Labute approximate surface area is 160 Å². The number of rotatable bonds is 4. The second kappa shape index (κ2) is 7.91. The van der Waals surface area contributed by atoms with E-state index in [0.29, 0.717) is 18.2 Å². The van der Waals surface area contributed by atoms with E-state index in [-0.39, 0.29) is 29.8 Å². The molecule has 1 saturated carbocycles. The Bertz CT molecular complexity index is 594. The molecule has 1 fully saturated rings. The number of hydrogen-bond acceptors (Lipinski definition) is 5. The molecule has 3 N–H and O–H groups in total. The van der Waals surface area contributed by atoms with E-state index in [1.807, 2.05) is 20.8 Å². The van der Waals surface area contributed by atoms with Crippen molar-refractivity contribution < 1.29 is 9.53 Å². The van der Waals surface area contributed by atoms with Crippen molar-refractivity contribution in [3.05, 3.63) is 10.6 Å². The number of nitrogens with one attached hydrogen (secondary N) is 1. The van der Waals surface area contributed by atoms with Crippen LogP contribution in [0.4, 0.5) is 5.13 Å². The predicted molar refractivity (Wildman–Crippen MR) is 105 cm³/mol. The number of aromatic nitrogens is 1. The number of aryl methyl sites for hydroxylation is 2. The average Bonchev–Trinajstić information content (AvgIpc) is 2.87. The molecule has 2 aliphatic rings. The maximum Gasteiger partial charge on any atom is 0.246 e. The van der Waals surface area contributed by atoms with Gasteiger partial charge in [0.1, 0.15) is 5.54 Å². The molecule has 5 nitrogen and oxygen atoms in total. The molecular weight excluding hydrogens is 358 g/mol. The summed E-state index contributed by atoms with van der Waals surface area (Å²) in [5.41, 5.74) is 6.35. The van der Waals surface area contributed by atoms with Crippen molar-refractivity contribution in [2.45, 2.75) is 77.4 Å². The lowest BCUT2D eigenvalue weighted by atomic mass is 9.54. The number of carbonyl (C=O) groups excluding carboxylic acids is 1. The van der Waals surface area contributed by atoms with E-state index in [0.717, 1.165) is 12.8 Å². The van der Waals surface area contributed by atoms with E-state index < -0.39 is 5.54 Å². The Kier molecular flexibility index (Phi) is 6.52. The smallest absolute Gasteiger partial charge is 0.246 e. The lowest BCUT2D eigenvalue weighted by Gasteiger charge is -2.57. The topological polar surface area (TPSA) is 77.2 Å². The third-order valence-electron chi connectivity index (χ3n) is 5.80. The highest BCUT2D eigenvalue weighted by Crippen LogP contribution is 2.50. The summed E-state index contributed by atoms with van der Waals surface area (Å²) < 4.78 is 5.71. The largest absolute Gasteiger partial charge is 0.378 e. The van der Waals surface area contributed by atoms with Crippen LogP contribution in [0, 0.1) is 5.41 Å². The van der Waals surface area contributed by atoms with Gasteiger partial charge in [0, 0.05) is 23.3 Å². The van der Waals surface area contributed by atoms with E-state index in [4.69, 9.17) is 10.5 Å². The minimum atomic E-state index is -0.896. The molecule has 1 aromatic heterocycles. The Morgan fingerprint density at radius 1 is 1.32 bits per heavy atom. The summed E-state index contributed by atoms with van der Waals surface area (Å²) in [5, 5.41) is 3.69. The van der Waals surface area contributed by atoms with Gasteiger partial charge in [0.25, 0.3) is 0 Å². The van der Waals surface area contributed by atoms with Crippen LogP contribution in [0.3, 0.4) is 0 Å². The van der Waals surface area contributed by atoms with Crippen LogP contribution in [0.15, 0.2) is 0 Å². The third-order valence-corrected chi connectivity index (χ3v) is 6.87. The summed E-state index contributed by atoms with van der Waals surface area (Å²) in [6.07, 6.45) is 7.66. The number of nitrogens with zero attached hydrogens (tertiary/aromatic N) is 1. The van der Waals surface area contributed by atoms with Crippen molar-refractivity contribution >= 4 is 34.8 Å². The van der Waals surface area contributed by atoms with Crippen LogP contribution in [0.5, 0.6) is 0 Å². The number of anilines is 1. The monoisotopic (exact) mass is 387 g/mol. The second-order valence-electron chi connectivity index (χ2n) is 7.60. The average molecular weight is 388 g/mol. The number of nitrogens with two attached hydrogens (primary N) is 1. The van der Waals surface area contributed by atoms with Crippen molar-refractivity contribution in [2.75, 3.05) is 11.9 Å². The van der Waals surface area contributed by atoms with Crippen molar-refractivity contribution in [3.63, 3.8) is 0 Å². The number of halogens is 1. The van der Waals surface area contributed by atoms with Crippen LogP contribution in [0.25, 0.3) is 0 Å². The van der Waals surface area contributed by atoms with E-state index in [9.17, 15) is 4.79 Å². The molecule has 0 bridgehead atoms. The molecule has 142 valence electrons. The molecular formula is C18H30ClN3O2S. The number of amides is 1. The molecule has 1 amide bonds. The normalized spacial score (nSPS) is 27.9. The summed E-state index contributed by atoms with van der Waals surface area (Å²) >= 11 is 1.62. The number of hydrogen-bond donors (Lipinski definition) is 2. The van der Waals surface area contributed by atoms with Gasteiger partial charge in [0.15, 0.2) is 5.13 Å². The standard InChI is InChI=1S/C18H29N3O2S.ClH/c1-4-23-14-11-18(19,17(14,2)3)15(22)21-16-20-12-9-7-5-6-8-10-13(12)24-16;/h14H,4-11,19H2,1-3H3,(H,20,21,22);1H. The molecule has 3 rings (SSSR count). The van der Waals surface area contributed by atoms with Gasteiger partial charge in [-0.05, 0) is 32.6 Å². The van der Waals surface area contributed by atoms with Crippen LogP contribution in [0.2, 0.25) is 0 Å². The van der Waals surface area contributed by atoms with Crippen LogP contribution in [0.1, 0.15) is 63.4 Å². The lowest BCUT2D eigenvalue weighted by molar-refractivity contribution is -0.166. The van der Waals surface area contributed by atoms with Gasteiger partial charge >= 0.3 is 0 Å². The van der Waals surface area contributed by atoms with Crippen LogP contribution < -0.4 is 11.1 Å². The summed E-state index contributed by atoms with van der Waals surface area (Å²) in [7, 11) is 0. The first-order chi connectivity index (χ1) is 11.4. The third kappa shape index (κ3) is 3.72. The van der Waals surface area contributed by atoms with Gasteiger partial charge < -0.3 is 15.8 Å². The summed E-state index contributed by atoms with van der Waals surface area (Å²) in [5.74, 6) is -0.134. The number of thiazole rings is 1. The molecule has 0 aliphatic heterocycles. The minimum absolute atomic E-state index is 0. The highest BCUT2D eigenvalue weighted by Gasteiger charge is 2.63. The van der Waals surface area contributed by atoms with Crippen molar-refractivity contribution in [3.8, 4) is 0 Å². The number of carbonyl (C=O) groups is 1. The number of fused-ring (bicyclic) bond motifs is 1. The summed E-state index contributed by atoms with van der Waals surface area (Å²) in [4.78, 5) is 18.8. The van der Waals surface area contributed by atoms with Gasteiger partial charge in [-0.25, -0.2) is 4.98 Å². The van der Waals surface area contributed by atoms with E-state index >= 15 is 0 Å². The molecule has 0 aromatic carbocycles. The van der Waals surface area contributed by atoms with Crippen LogP contribution in [-0.2, 0) is 22.4 Å². The fourth-order valence-electron chi connectivity index (χ4n) is 3.79. The van der Waals surface area contributed by atoms with Gasteiger partial charge in [-0.15, -0.1) is 23.7 Å². The van der Waals surface area contributed by atoms with Gasteiger partial charge in [-0.2, -0.15) is 0 Å². The van der Waals surface area contributed by atoms with Gasteiger partial charge in [-0.3, -0.25) is 4.79 Å². The molecule has 25 heavy (non-hydrogen) atoms. The summed E-state index contributed by atoms with van der Waals surface area (Å²) in [6.45, 7) is 6.64. The first-order valence-corrected chi connectivity index (χ1v) is 9.90. The van der Waals surface area contributed by atoms with E-state index in [1.165, 1.54) is 36.3 Å². The van der Waals surface area contributed by atoms with Crippen molar-refractivity contribution in [2.24, 2.45) is 11.1 Å². The molecule has 0 saturated heterocycles. The Hall–Kier alpha value is -0.690. The first kappa shape index (κ1) is 20.6. The molecule has 2 unspecified atom stereocenters. The highest BCUT2D eigenvalue weighted by atomic mass is 35.5. The maximum atomic E-state index is 12.8. The SMILES string of the molecule is CCOC1CC(N)(C(=O)Nc2nc3c(s2)CCCCCC3)C1(C)C.Cl. The zero-order chi connectivity index (χ0) is 17.4. The van der Waals surface area contributed by atoms with Gasteiger partial charge in [0.05, 0.1) is 11.8 Å². The van der Waals surface area contributed by atoms with E-state index in [1.54, 1.807) is 11.3 Å². The quantitative estimate of drug-likeness (QED) is 0.825. The van der Waals surface area contributed by atoms with Crippen LogP contribution >= 0.6 is 23.7 Å². The van der Waals surface area contributed by atoms with E-state index in [2.05, 4.69) is 10.3 Å². The Morgan fingerprint density at radius 3 is 2.64 bits per heavy atom. The molecule has 0 spiro atoms. The summed E-state index contributed by atoms with van der Waals surface area (Å²) in [6, 6.07) is 0. The Morgan fingerprint density at radius 2 is 2.00 bits per heavy atom. The Balaban J connectivity index is 0.00000225. The molecule has 1 heterocycles. The molecule has 2 aliphatic carbocycles. The first-order valence-electron chi connectivity index (χ1n) is 9.09. The zero-order valence-corrected chi connectivity index (χ0v) is 17.0. The van der Waals surface area contributed by atoms with Gasteiger partial charge in [-0.1, -0.05) is 26.7 Å². The fraction of sp³-hybridized carbons (Fsp3) is 0.778. The molecule has 1 aromatic rings. The minimum Gasteiger partial charge on any atom is -0.378 e. The number of ether oxygens (including phenoxy) is 1. The van der Waals surface area contributed by atoms with Gasteiger partial charge in [0.2, 0.25) is 5.91 Å². The lowest BCUT2D eigenvalue weighted by Crippen LogP contribution is -2.74. The molecule has 2 atom stereocenters. The second-order valence-corrected chi connectivity index (χ2v) is 8.68.